The van der Waals surface area contributed by atoms with E-state index in [1.54, 1.807) is 0 Å². The molecule has 0 bridgehead atoms. The van der Waals surface area contributed by atoms with Gasteiger partial charge < -0.3 is 4.74 Å². The zero-order chi connectivity index (χ0) is 16.9. The molecule has 0 saturated heterocycles. The lowest BCUT2D eigenvalue weighted by Gasteiger charge is -2.29. The molecule has 0 spiro atoms. The maximum Gasteiger partial charge on any atom is 0.338 e. The fourth-order valence-electron chi connectivity index (χ4n) is 3.29. The van der Waals surface area contributed by atoms with E-state index in [1.165, 1.54) is 18.2 Å². The number of methoxy groups -OCH3 is 1. The van der Waals surface area contributed by atoms with Gasteiger partial charge >= 0.3 is 5.97 Å². The van der Waals surface area contributed by atoms with Crippen LogP contribution in [0.4, 0.5) is 0 Å². The minimum atomic E-state index is -0.241. The van der Waals surface area contributed by atoms with E-state index in [0.717, 1.165) is 49.5 Å². The van der Waals surface area contributed by atoms with Crippen LogP contribution >= 0.6 is 11.6 Å². The fourth-order valence-corrected chi connectivity index (χ4v) is 3.41. The molecule has 0 fully saturated rings. The molecular weight excluding hydrogens is 322 g/mol. The smallest absolute Gasteiger partial charge is 0.338 e. The van der Waals surface area contributed by atoms with Crippen molar-refractivity contribution in [3.63, 3.8) is 0 Å². The predicted octanol–water partition coefficient (Wildman–Crippen LogP) is 4.12. The van der Waals surface area contributed by atoms with E-state index in [-0.39, 0.29) is 5.97 Å². The average Bonchev–Trinajstić information content (AvgIpc) is 2.62. The van der Waals surface area contributed by atoms with Gasteiger partial charge in [-0.1, -0.05) is 35.9 Å². The van der Waals surface area contributed by atoms with Crippen molar-refractivity contribution >= 4 is 17.6 Å². The Labute approximate surface area is 148 Å². The van der Waals surface area contributed by atoms with Crippen molar-refractivity contribution in [2.45, 2.75) is 25.8 Å². The minimum absolute atomic E-state index is 0.241. The standard InChI is InChI=1S/C20H22ClNO2/c1-24-20(23)18-6-2-5-16-11-13-22(14-19(16)18)12-3-4-15-7-9-17(21)10-8-15/h2,5-10H,3-4,11-14H2,1H3. The molecule has 1 aliphatic heterocycles. The molecule has 4 heteroatoms. The first-order chi connectivity index (χ1) is 11.7. The number of benzene rings is 2. The number of ether oxygens (including phenoxy) is 1. The summed E-state index contributed by atoms with van der Waals surface area (Å²) in [6.07, 6.45) is 3.12. The molecule has 3 nitrogen and oxygen atoms in total. The van der Waals surface area contributed by atoms with Crippen LogP contribution in [0.2, 0.25) is 5.02 Å². The third-order valence-corrected chi connectivity index (χ3v) is 4.86. The molecule has 0 N–H and O–H groups in total. The van der Waals surface area contributed by atoms with E-state index in [9.17, 15) is 4.79 Å². The summed E-state index contributed by atoms with van der Waals surface area (Å²) in [5.41, 5.74) is 4.42. The minimum Gasteiger partial charge on any atom is -0.465 e. The van der Waals surface area contributed by atoms with Gasteiger partial charge in [-0.05, 0) is 60.7 Å². The van der Waals surface area contributed by atoms with Gasteiger partial charge in [-0.25, -0.2) is 4.79 Å². The van der Waals surface area contributed by atoms with Gasteiger partial charge in [0.05, 0.1) is 12.7 Å². The highest BCUT2D eigenvalue weighted by atomic mass is 35.5. The molecule has 0 aromatic heterocycles. The summed E-state index contributed by atoms with van der Waals surface area (Å²) < 4.78 is 4.92. The molecule has 0 saturated carbocycles. The SMILES string of the molecule is COC(=O)c1cccc2c1CN(CCCc1ccc(Cl)cc1)CC2. The van der Waals surface area contributed by atoms with Gasteiger partial charge in [0.25, 0.3) is 0 Å². The van der Waals surface area contributed by atoms with Crippen molar-refractivity contribution in [1.82, 2.24) is 4.90 Å². The molecule has 0 radical (unpaired) electrons. The zero-order valence-corrected chi connectivity index (χ0v) is 14.7. The number of nitrogens with zero attached hydrogens (tertiary/aromatic N) is 1. The molecule has 1 aliphatic rings. The molecule has 0 aliphatic carbocycles. The van der Waals surface area contributed by atoms with Crippen molar-refractivity contribution < 1.29 is 9.53 Å². The van der Waals surface area contributed by atoms with Crippen LogP contribution in [0, 0.1) is 0 Å². The number of carbonyl (C=O) groups is 1. The number of rotatable bonds is 5. The van der Waals surface area contributed by atoms with Crippen molar-refractivity contribution in [1.29, 1.82) is 0 Å². The lowest BCUT2D eigenvalue weighted by Crippen LogP contribution is -2.32. The zero-order valence-electron chi connectivity index (χ0n) is 13.9. The van der Waals surface area contributed by atoms with E-state index in [4.69, 9.17) is 16.3 Å². The Morgan fingerprint density at radius 3 is 2.75 bits per heavy atom. The van der Waals surface area contributed by atoms with Gasteiger partial charge in [-0.2, -0.15) is 0 Å². The molecule has 0 unspecified atom stereocenters. The number of hydrogen-bond acceptors (Lipinski definition) is 3. The normalized spacial score (nSPS) is 14.2. The van der Waals surface area contributed by atoms with Crippen LogP contribution in [-0.2, 0) is 24.1 Å². The number of fused-ring (bicyclic) bond motifs is 1. The first-order valence-electron chi connectivity index (χ1n) is 8.33. The van der Waals surface area contributed by atoms with Crippen molar-refractivity contribution in [3.05, 3.63) is 69.7 Å². The Balaban J connectivity index is 1.60. The van der Waals surface area contributed by atoms with Crippen LogP contribution in [-0.4, -0.2) is 31.1 Å². The van der Waals surface area contributed by atoms with Gasteiger partial charge in [0.2, 0.25) is 0 Å². The number of hydrogen-bond donors (Lipinski definition) is 0. The highest BCUT2D eigenvalue weighted by Crippen LogP contribution is 2.23. The molecule has 2 aromatic rings. The molecule has 1 heterocycles. The monoisotopic (exact) mass is 343 g/mol. The molecule has 24 heavy (non-hydrogen) atoms. The van der Waals surface area contributed by atoms with Crippen LogP contribution in [0.3, 0.4) is 0 Å². The average molecular weight is 344 g/mol. The fraction of sp³-hybridized carbons (Fsp3) is 0.350. The summed E-state index contributed by atoms with van der Waals surface area (Å²) in [6, 6.07) is 14.0. The second-order valence-electron chi connectivity index (χ2n) is 6.19. The van der Waals surface area contributed by atoms with Crippen LogP contribution in [0.5, 0.6) is 0 Å². The van der Waals surface area contributed by atoms with Crippen LogP contribution < -0.4 is 0 Å². The van der Waals surface area contributed by atoms with Gasteiger partial charge in [-0.15, -0.1) is 0 Å². The third kappa shape index (κ3) is 3.97. The Kier molecular flexibility index (Phi) is 5.54. The second-order valence-corrected chi connectivity index (χ2v) is 6.63. The van der Waals surface area contributed by atoms with E-state index in [1.807, 2.05) is 24.3 Å². The Morgan fingerprint density at radius 1 is 1.21 bits per heavy atom. The second kappa shape index (κ2) is 7.82. The largest absolute Gasteiger partial charge is 0.465 e. The summed E-state index contributed by atoms with van der Waals surface area (Å²) >= 11 is 5.92. The summed E-state index contributed by atoms with van der Waals surface area (Å²) in [7, 11) is 1.44. The van der Waals surface area contributed by atoms with E-state index in [2.05, 4.69) is 23.1 Å². The van der Waals surface area contributed by atoms with Gasteiger partial charge in [-0.3, -0.25) is 4.90 Å². The van der Waals surface area contributed by atoms with Gasteiger partial charge in [0.1, 0.15) is 0 Å². The molecule has 0 amide bonds. The number of halogens is 1. The maximum absolute atomic E-state index is 12.0. The lowest BCUT2D eigenvalue weighted by atomic mass is 9.94. The van der Waals surface area contributed by atoms with Crippen molar-refractivity contribution in [2.24, 2.45) is 0 Å². The Morgan fingerprint density at radius 2 is 2.00 bits per heavy atom. The molecular formula is C20H22ClNO2. The summed E-state index contributed by atoms with van der Waals surface area (Å²) in [6.45, 7) is 2.89. The van der Waals surface area contributed by atoms with Crippen LogP contribution in [0.15, 0.2) is 42.5 Å². The van der Waals surface area contributed by atoms with Crippen LogP contribution in [0.1, 0.15) is 33.5 Å². The summed E-state index contributed by atoms with van der Waals surface area (Å²) in [5.74, 6) is -0.241. The first kappa shape index (κ1) is 17.0. The number of carbonyl (C=O) groups excluding carboxylic acids is 1. The maximum atomic E-state index is 12.0. The van der Waals surface area contributed by atoms with Crippen molar-refractivity contribution in [3.8, 4) is 0 Å². The molecule has 0 atom stereocenters. The number of esters is 1. The topological polar surface area (TPSA) is 29.5 Å². The Bertz CT molecular complexity index is 712. The van der Waals surface area contributed by atoms with E-state index in [0.29, 0.717) is 5.56 Å². The van der Waals surface area contributed by atoms with E-state index >= 15 is 0 Å². The third-order valence-electron chi connectivity index (χ3n) is 4.61. The molecule has 126 valence electrons. The Hall–Kier alpha value is -1.84. The molecule has 3 rings (SSSR count). The highest BCUT2D eigenvalue weighted by Gasteiger charge is 2.21. The summed E-state index contributed by atoms with van der Waals surface area (Å²) in [5, 5.41) is 0.779. The van der Waals surface area contributed by atoms with E-state index < -0.39 is 0 Å². The lowest BCUT2D eigenvalue weighted by molar-refractivity contribution is 0.0597. The molecule has 2 aromatic carbocycles. The quantitative estimate of drug-likeness (QED) is 0.765. The predicted molar refractivity (Wildman–Crippen MR) is 96.5 cm³/mol. The van der Waals surface area contributed by atoms with Gasteiger partial charge in [0.15, 0.2) is 0 Å². The number of aryl methyl sites for hydroxylation is 1. The van der Waals surface area contributed by atoms with Gasteiger partial charge in [0, 0.05) is 18.1 Å². The summed E-state index contributed by atoms with van der Waals surface area (Å²) in [4.78, 5) is 14.4. The van der Waals surface area contributed by atoms with Crippen molar-refractivity contribution in [2.75, 3.05) is 20.2 Å². The van der Waals surface area contributed by atoms with Crippen LogP contribution in [0.25, 0.3) is 0 Å². The first-order valence-corrected chi connectivity index (χ1v) is 8.71. The highest BCUT2D eigenvalue weighted by molar-refractivity contribution is 6.30.